The standard InChI is InChI=1S/C64H36F3N5O2/c65-64(66,67)49-31-28-40(71-50-23-11-7-21-45(50)57-53(71)33-29-43-41-19-9-13-25-55(41)73-59(43)57)36-47(49)48-35-39(63-69-61(37-15-3-1-4-16-37)68-62(70-63)38-17-5-2-6-18-38)27-32-52(48)72-51-24-12-8-22-46(51)58-54(72)34-30-44-42-20-10-14-26-56(42)74-60(44)58/h1-36H. The molecule has 15 aromatic rings. The summed E-state index contributed by atoms with van der Waals surface area (Å²) in [6, 6.07) is 69.2. The van der Waals surface area contributed by atoms with Crippen LogP contribution in [0, 0.1) is 0 Å². The molecule has 74 heavy (non-hydrogen) atoms. The zero-order valence-electron chi connectivity index (χ0n) is 39.0. The van der Waals surface area contributed by atoms with Crippen molar-refractivity contribution in [1.82, 2.24) is 24.1 Å². The van der Waals surface area contributed by atoms with E-state index in [0.29, 0.717) is 51.1 Å². The van der Waals surface area contributed by atoms with Gasteiger partial charge in [-0.3, -0.25) is 0 Å². The fourth-order valence-corrected chi connectivity index (χ4v) is 11.2. The number of hydrogen-bond acceptors (Lipinski definition) is 5. The van der Waals surface area contributed by atoms with Crippen molar-refractivity contribution < 1.29 is 22.0 Å². The lowest BCUT2D eigenvalue weighted by Gasteiger charge is -2.21. The molecule has 0 aliphatic carbocycles. The van der Waals surface area contributed by atoms with Gasteiger partial charge in [0, 0.05) is 60.3 Å². The van der Waals surface area contributed by atoms with Crippen LogP contribution in [0.3, 0.4) is 0 Å². The Labute approximate surface area is 418 Å². The van der Waals surface area contributed by atoms with Gasteiger partial charge in [-0.1, -0.05) is 133 Å². The number of furan rings is 2. The second-order valence-electron chi connectivity index (χ2n) is 18.6. The predicted molar refractivity (Wildman–Crippen MR) is 290 cm³/mol. The lowest BCUT2D eigenvalue weighted by molar-refractivity contribution is -0.137. The molecule has 0 bridgehead atoms. The predicted octanol–water partition coefficient (Wildman–Crippen LogP) is 17.6. The second-order valence-corrected chi connectivity index (χ2v) is 18.6. The molecule has 0 saturated carbocycles. The SMILES string of the molecule is FC(F)(F)c1ccc(-n2c3ccccc3c3c4oc5ccccc5c4ccc32)cc1-c1cc(-c2nc(-c3ccccc3)nc(-c3ccccc3)n2)ccc1-n1c2ccccc2c2c3oc4ccccc4c3ccc21. The van der Waals surface area contributed by atoms with Gasteiger partial charge in [0.15, 0.2) is 17.5 Å². The maximum Gasteiger partial charge on any atom is 0.417 e. The Morgan fingerprint density at radius 3 is 1.38 bits per heavy atom. The Kier molecular flexibility index (Phi) is 8.98. The molecule has 5 heterocycles. The van der Waals surface area contributed by atoms with Crippen molar-refractivity contribution in [2.45, 2.75) is 6.18 Å². The molecule has 10 aromatic carbocycles. The summed E-state index contributed by atoms with van der Waals surface area (Å²) in [5, 5.41) is 7.41. The highest BCUT2D eigenvalue weighted by Gasteiger charge is 2.35. The van der Waals surface area contributed by atoms with Crippen LogP contribution in [-0.4, -0.2) is 24.1 Å². The zero-order valence-corrected chi connectivity index (χ0v) is 39.0. The minimum atomic E-state index is -4.77. The molecule has 0 fully saturated rings. The molecule has 0 atom stereocenters. The van der Waals surface area contributed by atoms with E-state index in [0.717, 1.165) is 87.4 Å². The van der Waals surface area contributed by atoms with Gasteiger partial charge in [0.25, 0.3) is 0 Å². The van der Waals surface area contributed by atoms with Crippen LogP contribution in [0.25, 0.3) is 144 Å². The third-order valence-electron chi connectivity index (χ3n) is 14.4. The molecule has 0 saturated heterocycles. The van der Waals surface area contributed by atoms with E-state index in [9.17, 15) is 0 Å². The summed E-state index contributed by atoms with van der Waals surface area (Å²) in [6.45, 7) is 0. The second kappa shape index (κ2) is 15.9. The number of halogens is 3. The number of fused-ring (bicyclic) bond motifs is 14. The van der Waals surface area contributed by atoms with Crippen molar-refractivity contribution in [3.05, 3.63) is 224 Å². The van der Waals surface area contributed by atoms with Crippen molar-refractivity contribution in [3.8, 4) is 56.7 Å². The minimum Gasteiger partial charge on any atom is -0.455 e. The molecule has 5 aromatic heterocycles. The molecule has 15 rings (SSSR count). The normalized spacial score (nSPS) is 12.3. The van der Waals surface area contributed by atoms with Gasteiger partial charge in [-0.25, -0.2) is 15.0 Å². The molecule has 7 nitrogen and oxygen atoms in total. The van der Waals surface area contributed by atoms with Gasteiger partial charge in [-0.2, -0.15) is 13.2 Å². The van der Waals surface area contributed by atoms with E-state index in [2.05, 4.69) is 4.57 Å². The molecule has 0 N–H and O–H groups in total. The number of para-hydroxylation sites is 4. The summed E-state index contributed by atoms with van der Waals surface area (Å²) in [5.74, 6) is 1.17. The molecule has 0 radical (unpaired) electrons. The quantitative estimate of drug-likeness (QED) is 0.166. The van der Waals surface area contributed by atoms with Gasteiger partial charge in [-0.05, 0) is 90.5 Å². The topological polar surface area (TPSA) is 74.8 Å². The van der Waals surface area contributed by atoms with Gasteiger partial charge >= 0.3 is 6.18 Å². The summed E-state index contributed by atoms with van der Waals surface area (Å²) in [5.41, 5.74) is 8.68. The average Bonchev–Trinajstić information content (AvgIpc) is 4.21. The zero-order chi connectivity index (χ0) is 49.2. The third-order valence-corrected chi connectivity index (χ3v) is 14.4. The number of benzene rings is 10. The smallest absolute Gasteiger partial charge is 0.417 e. The molecule has 0 aliphatic heterocycles. The van der Waals surface area contributed by atoms with Gasteiger partial charge in [0.1, 0.15) is 22.3 Å². The largest absolute Gasteiger partial charge is 0.455 e. The van der Waals surface area contributed by atoms with Crippen LogP contribution in [0.5, 0.6) is 0 Å². The van der Waals surface area contributed by atoms with Gasteiger partial charge in [0.2, 0.25) is 0 Å². The Bertz CT molecular complexity index is 4720. The monoisotopic (exact) mass is 963 g/mol. The molecule has 0 aliphatic rings. The molecule has 0 unspecified atom stereocenters. The Hall–Kier alpha value is -9.80. The lowest BCUT2D eigenvalue weighted by Crippen LogP contribution is -2.10. The first kappa shape index (κ1) is 41.9. The van der Waals surface area contributed by atoms with Gasteiger partial charge < -0.3 is 18.0 Å². The van der Waals surface area contributed by atoms with Gasteiger partial charge in [-0.15, -0.1) is 0 Å². The van der Waals surface area contributed by atoms with E-state index in [-0.39, 0.29) is 5.56 Å². The van der Waals surface area contributed by atoms with Crippen LogP contribution in [-0.2, 0) is 6.18 Å². The summed E-state index contributed by atoms with van der Waals surface area (Å²) in [7, 11) is 0. The highest BCUT2D eigenvalue weighted by atomic mass is 19.4. The van der Waals surface area contributed by atoms with Crippen LogP contribution < -0.4 is 0 Å². The van der Waals surface area contributed by atoms with E-state index in [1.54, 1.807) is 18.2 Å². The van der Waals surface area contributed by atoms with Gasteiger partial charge in [0.05, 0.1) is 44.1 Å². The van der Waals surface area contributed by atoms with Crippen LogP contribution in [0.15, 0.2) is 227 Å². The van der Waals surface area contributed by atoms with Crippen molar-refractivity contribution in [2.75, 3.05) is 0 Å². The Balaban J connectivity index is 1.04. The summed E-state index contributed by atoms with van der Waals surface area (Å²) >= 11 is 0. The number of hydrogen-bond donors (Lipinski definition) is 0. The van der Waals surface area contributed by atoms with Crippen LogP contribution >= 0.6 is 0 Å². The molecule has 10 heteroatoms. The average molecular weight is 964 g/mol. The van der Waals surface area contributed by atoms with E-state index < -0.39 is 11.7 Å². The van der Waals surface area contributed by atoms with Crippen LogP contribution in [0.1, 0.15) is 5.56 Å². The third kappa shape index (κ3) is 6.31. The van der Waals surface area contributed by atoms with E-state index in [1.807, 2.05) is 199 Å². The van der Waals surface area contributed by atoms with E-state index in [1.165, 1.54) is 6.07 Å². The van der Waals surface area contributed by atoms with Crippen molar-refractivity contribution in [2.24, 2.45) is 0 Å². The highest BCUT2D eigenvalue weighted by molar-refractivity contribution is 6.25. The van der Waals surface area contributed by atoms with Crippen molar-refractivity contribution in [1.29, 1.82) is 0 Å². The number of aromatic nitrogens is 5. The molecule has 350 valence electrons. The first-order chi connectivity index (χ1) is 36.3. The minimum absolute atomic E-state index is 0.0287. The maximum absolute atomic E-state index is 16.1. The van der Waals surface area contributed by atoms with Crippen LogP contribution in [0.4, 0.5) is 13.2 Å². The maximum atomic E-state index is 16.1. The summed E-state index contributed by atoms with van der Waals surface area (Å²) in [4.78, 5) is 15.0. The van der Waals surface area contributed by atoms with E-state index >= 15 is 13.2 Å². The Morgan fingerprint density at radius 1 is 0.351 bits per heavy atom. The summed E-state index contributed by atoms with van der Waals surface area (Å²) in [6.07, 6.45) is -4.77. The molecular formula is C64H36F3N5O2. The number of rotatable bonds is 6. The first-order valence-electron chi connectivity index (χ1n) is 24.2. The van der Waals surface area contributed by atoms with Crippen LogP contribution in [0.2, 0.25) is 0 Å². The molecule has 0 spiro atoms. The fraction of sp³-hybridized carbons (Fsp3) is 0.0156. The molecular weight excluding hydrogens is 928 g/mol. The lowest BCUT2D eigenvalue weighted by atomic mass is 9.94. The highest BCUT2D eigenvalue weighted by Crippen LogP contribution is 2.47. The molecule has 0 amide bonds. The van der Waals surface area contributed by atoms with E-state index in [4.69, 9.17) is 23.8 Å². The first-order valence-corrected chi connectivity index (χ1v) is 24.2. The number of alkyl halides is 3. The van der Waals surface area contributed by atoms with Crippen molar-refractivity contribution >= 4 is 87.5 Å². The number of nitrogens with zero attached hydrogens (tertiary/aromatic N) is 5. The Morgan fingerprint density at radius 2 is 0.824 bits per heavy atom. The van der Waals surface area contributed by atoms with Crippen molar-refractivity contribution in [3.63, 3.8) is 0 Å². The fourth-order valence-electron chi connectivity index (χ4n) is 11.2. The summed E-state index contributed by atoms with van der Waals surface area (Å²) < 4.78 is 65.6.